The van der Waals surface area contributed by atoms with Crippen molar-refractivity contribution in [2.75, 3.05) is 43.2 Å². The van der Waals surface area contributed by atoms with Crippen molar-refractivity contribution in [3.8, 4) is 23.0 Å². The molecule has 204 valence electrons. The van der Waals surface area contributed by atoms with Gasteiger partial charge in [-0.3, -0.25) is 4.79 Å². The molecule has 10 nitrogen and oxygen atoms in total. The summed E-state index contributed by atoms with van der Waals surface area (Å²) in [6.07, 6.45) is 5.52. The van der Waals surface area contributed by atoms with Gasteiger partial charge in [-0.25, -0.2) is 4.79 Å². The molecule has 40 heavy (non-hydrogen) atoms. The second-order valence-electron chi connectivity index (χ2n) is 10.2. The molecule has 0 spiro atoms. The van der Waals surface area contributed by atoms with Crippen LogP contribution >= 0.6 is 0 Å². The molecule has 4 heterocycles. The maximum absolute atomic E-state index is 12.8. The summed E-state index contributed by atoms with van der Waals surface area (Å²) in [7, 11) is 1.68. The topological polar surface area (TPSA) is 125 Å². The molecule has 10 heteroatoms. The zero-order valence-corrected chi connectivity index (χ0v) is 22.2. The van der Waals surface area contributed by atoms with Crippen molar-refractivity contribution in [1.29, 1.82) is 5.26 Å². The molecule has 2 fully saturated rings. The number of benzene rings is 2. The number of hydrogen-bond acceptors (Lipinski definition) is 8. The first-order valence-electron chi connectivity index (χ1n) is 13.4. The van der Waals surface area contributed by atoms with Crippen LogP contribution in [0.5, 0.6) is 0 Å². The van der Waals surface area contributed by atoms with Crippen molar-refractivity contribution in [2.45, 2.75) is 31.7 Å². The number of rotatable bonds is 7. The van der Waals surface area contributed by atoms with Crippen LogP contribution in [-0.4, -0.2) is 60.0 Å². The van der Waals surface area contributed by atoms with Crippen LogP contribution in [0.25, 0.3) is 28.0 Å². The van der Waals surface area contributed by atoms with Gasteiger partial charge >= 0.3 is 5.97 Å². The Morgan fingerprint density at radius 2 is 1.98 bits per heavy atom. The molecule has 2 aliphatic rings. The predicted octanol–water partition coefficient (Wildman–Crippen LogP) is 4.43. The first-order chi connectivity index (χ1) is 19.5. The molecule has 1 atom stereocenters. The smallest absolute Gasteiger partial charge is 0.341 e. The highest BCUT2D eigenvalue weighted by Crippen LogP contribution is 2.33. The van der Waals surface area contributed by atoms with Crippen molar-refractivity contribution >= 4 is 28.8 Å². The van der Waals surface area contributed by atoms with Gasteiger partial charge in [0.15, 0.2) is 11.0 Å². The van der Waals surface area contributed by atoms with Crippen molar-refractivity contribution in [2.24, 2.45) is 0 Å². The molecular formula is C30H29N5O5. The highest BCUT2D eigenvalue weighted by Gasteiger charge is 2.28. The molecule has 2 aromatic heterocycles. The van der Waals surface area contributed by atoms with E-state index in [0.29, 0.717) is 46.2 Å². The van der Waals surface area contributed by atoms with Crippen LogP contribution in [0.1, 0.15) is 41.6 Å². The molecule has 4 aromatic rings. The molecule has 0 bridgehead atoms. The fraction of sp³-hybridized carbons (Fsp3) is 0.333. The zero-order valence-electron chi connectivity index (χ0n) is 22.2. The van der Waals surface area contributed by atoms with E-state index < -0.39 is 11.4 Å². The fourth-order valence-electron chi connectivity index (χ4n) is 5.78. The molecule has 0 amide bonds. The Kier molecular flexibility index (Phi) is 6.74. The first-order valence-corrected chi connectivity index (χ1v) is 13.4. The summed E-state index contributed by atoms with van der Waals surface area (Å²) in [6, 6.07) is 15.3. The van der Waals surface area contributed by atoms with Crippen LogP contribution < -0.4 is 15.2 Å². The molecule has 6 rings (SSSR count). The van der Waals surface area contributed by atoms with E-state index in [9.17, 15) is 20.0 Å². The van der Waals surface area contributed by atoms with Gasteiger partial charge in [-0.05, 0) is 49.9 Å². The van der Waals surface area contributed by atoms with E-state index in [0.717, 1.165) is 51.0 Å². The maximum atomic E-state index is 12.8. The van der Waals surface area contributed by atoms with Gasteiger partial charge in [0.05, 0.1) is 29.6 Å². The van der Waals surface area contributed by atoms with E-state index in [1.165, 1.54) is 12.3 Å². The van der Waals surface area contributed by atoms with E-state index in [1.54, 1.807) is 23.8 Å². The highest BCUT2D eigenvalue weighted by atomic mass is 16.5. The van der Waals surface area contributed by atoms with Gasteiger partial charge in [-0.15, -0.1) is 0 Å². The minimum atomic E-state index is -1.31. The lowest BCUT2D eigenvalue weighted by atomic mass is 10.0. The van der Waals surface area contributed by atoms with Crippen LogP contribution in [0, 0.1) is 11.3 Å². The average Bonchev–Trinajstić information content (AvgIpc) is 3.73. The van der Waals surface area contributed by atoms with Crippen LogP contribution in [0.3, 0.4) is 0 Å². The average molecular weight is 540 g/mol. The van der Waals surface area contributed by atoms with Crippen molar-refractivity contribution in [3.05, 3.63) is 70.0 Å². The number of oxazole rings is 1. The standard InChI is InChI=1S/C30H29N5O5/c1-39-18-22-5-4-12-34(22)30-32-24-8-7-21(14-28(24)40-30)35-17-23(29(37)38)27(36)15-26(35)19-6-9-25(20(13-19)16-31)33-10-2-3-11-33/h6-9,13-15,17,22H,2-5,10-12,18H2,1H3,(H,37,38). The monoisotopic (exact) mass is 539 g/mol. The van der Waals surface area contributed by atoms with Gasteiger partial charge in [-0.1, -0.05) is 6.07 Å². The van der Waals surface area contributed by atoms with Gasteiger partial charge in [0.1, 0.15) is 17.1 Å². The first kappa shape index (κ1) is 25.6. The molecule has 0 radical (unpaired) electrons. The third kappa shape index (κ3) is 4.58. The summed E-state index contributed by atoms with van der Waals surface area (Å²) in [6.45, 7) is 3.21. The van der Waals surface area contributed by atoms with Crippen LogP contribution in [0.15, 0.2) is 57.9 Å². The lowest BCUT2D eigenvalue weighted by molar-refractivity contribution is 0.0695. The van der Waals surface area contributed by atoms with Gasteiger partial charge in [-0.2, -0.15) is 10.2 Å². The Morgan fingerprint density at radius 1 is 1.15 bits per heavy atom. The number of pyridine rings is 1. The Morgan fingerprint density at radius 3 is 2.73 bits per heavy atom. The second-order valence-corrected chi connectivity index (χ2v) is 10.2. The lowest BCUT2D eigenvalue weighted by Crippen LogP contribution is -2.32. The summed E-state index contributed by atoms with van der Waals surface area (Å²) >= 11 is 0. The lowest BCUT2D eigenvalue weighted by Gasteiger charge is -2.21. The van der Waals surface area contributed by atoms with E-state index in [4.69, 9.17) is 9.15 Å². The third-order valence-corrected chi connectivity index (χ3v) is 7.76. The van der Waals surface area contributed by atoms with Gasteiger partial charge < -0.3 is 28.6 Å². The fourth-order valence-corrected chi connectivity index (χ4v) is 5.78. The number of hydrogen-bond donors (Lipinski definition) is 1. The van der Waals surface area contributed by atoms with Crippen LogP contribution in [0.4, 0.5) is 11.7 Å². The summed E-state index contributed by atoms with van der Waals surface area (Å²) in [5.41, 5.74) is 3.33. The quantitative estimate of drug-likeness (QED) is 0.363. The summed E-state index contributed by atoms with van der Waals surface area (Å²) in [4.78, 5) is 33.7. The molecule has 1 N–H and O–H groups in total. The molecular weight excluding hydrogens is 510 g/mol. The van der Waals surface area contributed by atoms with Crippen LogP contribution in [-0.2, 0) is 4.74 Å². The minimum Gasteiger partial charge on any atom is -0.477 e. The molecule has 2 aliphatic heterocycles. The molecule has 0 aliphatic carbocycles. The number of carbonyl (C=O) groups is 1. The maximum Gasteiger partial charge on any atom is 0.341 e. The largest absolute Gasteiger partial charge is 0.477 e. The van der Waals surface area contributed by atoms with E-state index in [-0.39, 0.29) is 11.6 Å². The number of aromatic carboxylic acids is 1. The van der Waals surface area contributed by atoms with Crippen LogP contribution in [0.2, 0.25) is 0 Å². The summed E-state index contributed by atoms with van der Waals surface area (Å²) in [5, 5.41) is 19.6. The van der Waals surface area contributed by atoms with Crippen molar-refractivity contribution in [1.82, 2.24) is 9.55 Å². The molecule has 1 unspecified atom stereocenters. The number of nitriles is 1. The van der Waals surface area contributed by atoms with Crippen molar-refractivity contribution in [3.63, 3.8) is 0 Å². The highest BCUT2D eigenvalue weighted by molar-refractivity contribution is 5.88. The molecule has 2 aromatic carbocycles. The number of nitrogens with zero attached hydrogens (tertiary/aromatic N) is 5. The number of ether oxygens (including phenoxy) is 1. The Bertz CT molecular complexity index is 1700. The number of anilines is 2. The number of carboxylic acid groups (broad SMARTS) is 1. The SMILES string of the molecule is COCC1CCCN1c1nc2ccc(-n3cc(C(=O)O)c(=O)cc3-c3ccc(N4CCCC4)c(C#N)c3)cc2o1. The number of aromatic nitrogens is 2. The summed E-state index contributed by atoms with van der Waals surface area (Å²) in [5.74, 6) is -1.31. The Balaban J connectivity index is 1.45. The van der Waals surface area contributed by atoms with Gasteiger partial charge in [0.25, 0.3) is 6.01 Å². The summed E-state index contributed by atoms with van der Waals surface area (Å²) < 4.78 is 13.2. The zero-order chi connectivity index (χ0) is 27.8. The molecule has 0 saturated carbocycles. The van der Waals surface area contributed by atoms with E-state index >= 15 is 0 Å². The normalized spacial score (nSPS) is 17.1. The Hall–Kier alpha value is -4.62. The minimum absolute atomic E-state index is 0.194. The van der Waals surface area contributed by atoms with Gasteiger partial charge in [0.2, 0.25) is 0 Å². The second kappa shape index (κ2) is 10.5. The van der Waals surface area contributed by atoms with Gasteiger partial charge in [0, 0.05) is 56.3 Å². The predicted molar refractivity (Wildman–Crippen MR) is 150 cm³/mol. The van der Waals surface area contributed by atoms with Crippen molar-refractivity contribution < 1.29 is 19.1 Å². The Labute approximate surface area is 230 Å². The third-order valence-electron chi connectivity index (χ3n) is 7.76. The molecule has 2 saturated heterocycles. The number of fused-ring (bicyclic) bond motifs is 1. The van der Waals surface area contributed by atoms with E-state index in [1.807, 2.05) is 24.3 Å². The number of methoxy groups -OCH3 is 1. The number of carboxylic acids is 1. The van der Waals surface area contributed by atoms with E-state index in [2.05, 4.69) is 20.9 Å².